The number of hydrogen-bond donors (Lipinski definition) is 1. The second-order valence-corrected chi connectivity index (χ2v) is 7.77. The van der Waals surface area contributed by atoms with E-state index in [0.717, 1.165) is 28.9 Å². The molecule has 0 heterocycles. The van der Waals surface area contributed by atoms with Gasteiger partial charge in [0.25, 0.3) is 5.91 Å². The molecule has 0 aromatic heterocycles. The maximum Gasteiger partial charge on any atom is 0.252 e. The van der Waals surface area contributed by atoms with Crippen LogP contribution in [0.25, 0.3) is 11.6 Å². The Balaban J connectivity index is 1.60. The highest BCUT2D eigenvalue weighted by atomic mass is 16.5. The lowest BCUT2D eigenvalue weighted by Crippen LogP contribution is -2.27. The van der Waals surface area contributed by atoms with Crippen LogP contribution in [0.15, 0.2) is 72.8 Å². The van der Waals surface area contributed by atoms with Gasteiger partial charge >= 0.3 is 0 Å². The number of methoxy groups -OCH3 is 1. The highest BCUT2D eigenvalue weighted by molar-refractivity contribution is 6.24. The summed E-state index contributed by atoms with van der Waals surface area (Å²) in [7, 11) is 1.65. The lowest BCUT2D eigenvalue weighted by atomic mass is 9.99. The Bertz CT molecular complexity index is 1050. The average molecular weight is 398 g/mol. The summed E-state index contributed by atoms with van der Waals surface area (Å²) in [5.74, 6) is 0.716. The molecule has 0 fully saturated rings. The topological polar surface area (TPSA) is 38.3 Å². The monoisotopic (exact) mass is 397 g/mol. The molecule has 0 saturated heterocycles. The van der Waals surface area contributed by atoms with Crippen molar-refractivity contribution in [3.8, 4) is 5.75 Å². The molecule has 0 unspecified atom stereocenters. The van der Waals surface area contributed by atoms with Crippen LogP contribution in [0.4, 0.5) is 0 Å². The Labute approximate surface area is 178 Å². The van der Waals surface area contributed by atoms with Crippen LogP contribution < -0.4 is 10.1 Å². The molecule has 4 rings (SSSR count). The van der Waals surface area contributed by atoms with E-state index in [1.54, 1.807) is 7.11 Å². The third-order valence-corrected chi connectivity index (χ3v) is 5.73. The molecule has 30 heavy (non-hydrogen) atoms. The summed E-state index contributed by atoms with van der Waals surface area (Å²) in [5, 5.41) is 3.20. The number of carbonyl (C=O) groups excluding carboxylic acids is 1. The Morgan fingerprint density at radius 2 is 1.70 bits per heavy atom. The van der Waals surface area contributed by atoms with Crippen molar-refractivity contribution in [2.24, 2.45) is 0 Å². The van der Waals surface area contributed by atoms with Crippen LogP contribution in [0, 0.1) is 0 Å². The van der Waals surface area contributed by atoms with Crippen molar-refractivity contribution in [3.63, 3.8) is 0 Å². The zero-order chi connectivity index (χ0) is 20.9. The summed E-state index contributed by atoms with van der Waals surface area (Å²) in [6, 6.07) is 24.1. The van der Waals surface area contributed by atoms with E-state index in [1.807, 2.05) is 67.6 Å². The number of carbonyl (C=O) groups is 1. The van der Waals surface area contributed by atoms with Gasteiger partial charge in [-0.2, -0.15) is 0 Å². The fraction of sp³-hybridized carbons (Fsp3) is 0.222. The number of aryl methyl sites for hydroxylation is 2. The van der Waals surface area contributed by atoms with Gasteiger partial charge in [-0.05, 0) is 72.2 Å². The van der Waals surface area contributed by atoms with Crippen LogP contribution in [-0.2, 0) is 17.6 Å². The molecule has 0 saturated carbocycles. The molecular formula is C27H27NO2. The summed E-state index contributed by atoms with van der Waals surface area (Å²) in [6.45, 7) is 2.05. The van der Waals surface area contributed by atoms with Crippen LogP contribution in [0.1, 0.15) is 47.2 Å². The van der Waals surface area contributed by atoms with Crippen LogP contribution in [0.2, 0.25) is 0 Å². The zero-order valence-corrected chi connectivity index (χ0v) is 17.5. The fourth-order valence-electron chi connectivity index (χ4n) is 3.98. The lowest BCUT2D eigenvalue weighted by molar-refractivity contribution is -0.116. The Morgan fingerprint density at radius 1 is 0.967 bits per heavy atom. The molecule has 3 aromatic rings. The van der Waals surface area contributed by atoms with E-state index in [0.29, 0.717) is 5.57 Å². The lowest BCUT2D eigenvalue weighted by Gasteiger charge is -2.17. The number of amides is 1. The van der Waals surface area contributed by atoms with Gasteiger partial charge in [0.15, 0.2) is 0 Å². The number of benzene rings is 3. The normalized spacial score (nSPS) is 14.1. The largest absolute Gasteiger partial charge is 0.497 e. The molecule has 0 bridgehead atoms. The summed E-state index contributed by atoms with van der Waals surface area (Å²) in [5.41, 5.74) is 6.52. The van der Waals surface area contributed by atoms with E-state index in [1.165, 1.54) is 24.0 Å². The van der Waals surface area contributed by atoms with Gasteiger partial charge in [-0.25, -0.2) is 0 Å². The maximum absolute atomic E-state index is 13.3. The van der Waals surface area contributed by atoms with Crippen molar-refractivity contribution in [2.75, 3.05) is 7.11 Å². The van der Waals surface area contributed by atoms with Gasteiger partial charge in [0, 0.05) is 5.57 Å². The molecule has 1 aliphatic rings. The summed E-state index contributed by atoms with van der Waals surface area (Å²) < 4.78 is 5.24. The van der Waals surface area contributed by atoms with Crippen molar-refractivity contribution < 1.29 is 9.53 Å². The minimum atomic E-state index is -0.0787. The van der Waals surface area contributed by atoms with Gasteiger partial charge in [-0.3, -0.25) is 4.79 Å². The Kier molecular flexibility index (Phi) is 5.99. The molecule has 1 amide bonds. The van der Waals surface area contributed by atoms with E-state index < -0.39 is 0 Å². The molecular weight excluding hydrogens is 370 g/mol. The van der Waals surface area contributed by atoms with Crippen molar-refractivity contribution in [1.29, 1.82) is 0 Å². The van der Waals surface area contributed by atoms with Crippen LogP contribution >= 0.6 is 0 Å². The van der Waals surface area contributed by atoms with E-state index >= 15 is 0 Å². The van der Waals surface area contributed by atoms with Crippen molar-refractivity contribution in [2.45, 2.75) is 32.2 Å². The van der Waals surface area contributed by atoms with Gasteiger partial charge in [-0.1, -0.05) is 60.7 Å². The second kappa shape index (κ2) is 9.00. The molecule has 3 aromatic carbocycles. The third-order valence-electron chi connectivity index (χ3n) is 5.73. The zero-order valence-electron chi connectivity index (χ0n) is 17.5. The maximum atomic E-state index is 13.3. The number of fused-ring (bicyclic) bond motifs is 1. The van der Waals surface area contributed by atoms with Gasteiger partial charge in [0.2, 0.25) is 0 Å². The number of ether oxygens (including phenoxy) is 1. The van der Waals surface area contributed by atoms with Gasteiger partial charge in [-0.15, -0.1) is 0 Å². The first-order valence-corrected chi connectivity index (χ1v) is 10.5. The first kappa shape index (κ1) is 20.0. The SMILES string of the molecule is COc1ccc(/C=C(/C(=O)N[C@@H](C)c2ccc3c(c2)CCC3)c2ccccc2)cc1. The van der Waals surface area contributed by atoms with E-state index in [4.69, 9.17) is 4.74 Å². The van der Waals surface area contributed by atoms with Crippen LogP contribution in [0.3, 0.4) is 0 Å². The Hall–Kier alpha value is -3.33. The molecule has 3 heteroatoms. The van der Waals surface area contributed by atoms with E-state index in [-0.39, 0.29) is 11.9 Å². The summed E-state index contributed by atoms with van der Waals surface area (Å²) >= 11 is 0. The number of hydrogen-bond acceptors (Lipinski definition) is 2. The summed E-state index contributed by atoms with van der Waals surface area (Å²) in [6.07, 6.45) is 5.46. The Morgan fingerprint density at radius 3 is 2.43 bits per heavy atom. The van der Waals surface area contributed by atoms with Crippen LogP contribution in [0.5, 0.6) is 5.75 Å². The average Bonchev–Trinajstić information content (AvgIpc) is 3.26. The molecule has 0 spiro atoms. The molecule has 152 valence electrons. The highest BCUT2D eigenvalue weighted by Gasteiger charge is 2.18. The first-order valence-electron chi connectivity index (χ1n) is 10.5. The molecule has 0 radical (unpaired) electrons. The van der Waals surface area contributed by atoms with E-state index in [9.17, 15) is 4.79 Å². The van der Waals surface area contributed by atoms with Gasteiger partial charge < -0.3 is 10.1 Å². The van der Waals surface area contributed by atoms with Gasteiger partial charge in [0.1, 0.15) is 5.75 Å². The first-order chi connectivity index (χ1) is 14.6. The minimum Gasteiger partial charge on any atom is -0.497 e. The third kappa shape index (κ3) is 4.46. The van der Waals surface area contributed by atoms with Crippen molar-refractivity contribution in [3.05, 3.63) is 101 Å². The predicted molar refractivity (Wildman–Crippen MR) is 122 cm³/mol. The van der Waals surface area contributed by atoms with E-state index in [2.05, 4.69) is 23.5 Å². The summed E-state index contributed by atoms with van der Waals surface area (Å²) in [4.78, 5) is 13.3. The predicted octanol–water partition coefficient (Wildman–Crippen LogP) is 5.60. The van der Waals surface area contributed by atoms with Crippen molar-refractivity contribution >= 4 is 17.6 Å². The quantitative estimate of drug-likeness (QED) is 0.434. The standard InChI is InChI=1S/C27H27NO2/c1-19(23-14-13-21-9-6-10-24(21)18-23)28-27(29)26(22-7-4-3-5-8-22)17-20-11-15-25(30-2)16-12-20/h3-5,7-8,11-19H,6,9-10H2,1-2H3,(H,28,29)/b26-17+/t19-/m0/s1. The smallest absolute Gasteiger partial charge is 0.252 e. The van der Waals surface area contributed by atoms with Crippen LogP contribution in [-0.4, -0.2) is 13.0 Å². The molecule has 0 aliphatic heterocycles. The molecule has 1 atom stereocenters. The number of rotatable bonds is 6. The molecule has 3 nitrogen and oxygen atoms in total. The van der Waals surface area contributed by atoms with Gasteiger partial charge in [0.05, 0.1) is 13.2 Å². The minimum absolute atomic E-state index is 0.0635. The molecule has 1 N–H and O–H groups in total. The fourth-order valence-corrected chi connectivity index (χ4v) is 3.98. The number of nitrogens with one attached hydrogen (secondary N) is 1. The second-order valence-electron chi connectivity index (χ2n) is 7.77. The van der Waals surface area contributed by atoms with Crippen molar-refractivity contribution in [1.82, 2.24) is 5.32 Å². The highest BCUT2D eigenvalue weighted by Crippen LogP contribution is 2.26. The molecule has 1 aliphatic carbocycles.